The van der Waals surface area contributed by atoms with E-state index in [4.69, 9.17) is 4.74 Å². The molecule has 0 bridgehead atoms. The number of benzene rings is 2. The summed E-state index contributed by atoms with van der Waals surface area (Å²) in [5.41, 5.74) is 1.07. The molecule has 20 heavy (non-hydrogen) atoms. The van der Waals surface area contributed by atoms with Crippen LogP contribution in [0.25, 0.3) is 10.8 Å². The average Bonchev–Trinajstić information content (AvgIpc) is 2.76. The molecule has 2 aromatic rings. The molecule has 3 rings (SSSR count). The summed E-state index contributed by atoms with van der Waals surface area (Å²) in [6.45, 7) is 0. The van der Waals surface area contributed by atoms with Crippen LogP contribution in [0, 0.1) is 5.92 Å². The molecule has 1 atom stereocenters. The van der Waals surface area contributed by atoms with Crippen molar-refractivity contribution in [3.05, 3.63) is 42.0 Å². The number of nitrogens with one attached hydrogen (secondary N) is 1. The van der Waals surface area contributed by atoms with E-state index < -0.39 is 0 Å². The number of ether oxygens (including phenoxy) is 1. The molecule has 2 amide bonds. The Bertz CT molecular complexity index is 693. The number of carbonyl (C=O) groups is 2. The van der Waals surface area contributed by atoms with Crippen LogP contribution in [0.4, 0.5) is 0 Å². The van der Waals surface area contributed by atoms with Crippen molar-refractivity contribution in [3.63, 3.8) is 0 Å². The van der Waals surface area contributed by atoms with Gasteiger partial charge in [0.2, 0.25) is 11.8 Å². The number of carbonyl (C=O) groups excluding carboxylic acids is 2. The fraction of sp³-hybridized carbons (Fsp3) is 0.250. The molecule has 0 spiro atoms. The van der Waals surface area contributed by atoms with Gasteiger partial charge in [-0.15, -0.1) is 0 Å². The number of fused-ring (bicyclic) bond motifs is 1. The predicted molar refractivity (Wildman–Crippen MR) is 75.5 cm³/mol. The Morgan fingerprint density at radius 2 is 1.90 bits per heavy atom. The first-order valence-electron chi connectivity index (χ1n) is 6.56. The molecule has 0 radical (unpaired) electrons. The van der Waals surface area contributed by atoms with Gasteiger partial charge in [-0.1, -0.05) is 24.3 Å². The highest BCUT2D eigenvalue weighted by Gasteiger charge is 2.30. The zero-order valence-electron chi connectivity index (χ0n) is 11.2. The summed E-state index contributed by atoms with van der Waals surface area (Å²) < 4.78 is 5.20. The maximum Gasteiger partial charge on any atom is 0.230 e. The van der Waals surface area contributed by atoms with Crippen molar-refractivity contribution in [1.82, 2.24) is 5.32 Å². The van der Waals surface area contributed by atoms with Gasteiger partial charge >= 0.3 is 0 Å². The van der Waals surface area contributed by atoms with E-state index in [0.29, 0.717) is 12.8 Å². The number of rotatable bonds is 3. The van der Waals surface area contributed by atoms with Crippen molar-refractivity contribution in [3.8, 4) is 5.75 Å². The third-order valence-corrected chi connectivity index (χ3v) is 3.66. The molecule has 102 valence electrons. The predicted octanol–water partition coefficient (Wildman–Crippen LogP) is 2.05. The molecule has 1 heterocycles. The molecule has 1 unspecified atom stereocenters. The van der Waals surface area contributed by atoms with Crippen LogP contribution in [0.15, 0.2) is 36.4 Å². The summed E-state index contributed by atoms with van der Waals surface area (Å²) in [7, 11) is 1.64. The van der Waals surface area contributed by atoms with E-state index in [1.54, 1.807) is 7.11 Å². The van der Waals surface area contributed by atoms with Crippen LogP contribution < -0.4 is 10.1 Å². The Morgan fingerprint density at radius 3 is 2.60 bits per heavy atom. The van der Waals surface area contributed by atoms with Gasteiger partial charge in [0, 0.05) is 6.42 Å². The second-order valence-electron chi connectivity index (χ2n) is 5.07. The van der Waals surface area contributed by atoms with Gasteiger partial charge in [-0.2, -0.15) is 0 Å². The molecule has 1 saturated heterocycles. The quantitative estimate of drug-likeness (QED) is 0.868. The lowest BCUT2D eigenvalue weighted by molar-refractivity contribution is -0.125. The Balaban J connectivity index is 1.86. The third kappa shape index (κ3) is 2.37. The molecule has 1 fully saturated rings. The highest BCUT2D eigenvalue weighted by molar-refractivity contribution is 6.03. The molecule has 4 heteroatoms. The second kappa shape index (κ2) is 4.96. The van der Waals surface area contributed by atoms with Crippen molar-refractivity contribution in [2.24, 2.45) is 5.92 Å². The van der Waals surface area contributed by atoms with Gasteiger partial charge in [-0.05, 0) is 34.9 Å². The molecule has 1 aliphatic rings. The summed E-state index contributed by atoms with van der Waals surface area (Å²) in [6, 6.07) is 12.0. The first kappa shape index (κ1) is 12.7. The standard InChI is InChI=1S/C16H15NO3/c1-20-14-5-4-11-6-10(2-3-12(11)8-14)7-13-9-15(18)17-16(13)19/h2-6,8,13H,7,9H2,1H3,(H,17,18,19). The SMILES string of the molecule is COc1ccc2cc(CC3CC(=O)NC3=O)ccc2c1. The van der Waals surface area contributed by atoms with E-state index in [2.05, 4.69) is 11.4 Å². The van der Waals surface area contributed by atoms with Gasteiger partial charge in [0.1, 0.15) is 5.75 Å². The van der Waals surface area contributed by atoms with E-state index in [0.717, 1.165) is 22.1 Å². The molecule has 0 aromatic heterocycles. The largest absolute Gasteiger partial charge is 0.497 e. The van der Waals surface area contributed by atoms with Crippen molar-refractivity contribution in [1.29, 1.82) is 0 Å². The first-order valence-corrected chi connectivity index (χ1v) is 6.56. The van der Waals surface area contributed by atoms with E-state index in [9.17, 15) is 9.59 Å². The monoisotopic (exact) mass is 269 g/mol. The van der Waals surface area contributed by atoms with Crippen LogP contribution in [0.1, 0.15) is 12.0 Å². The number of methoxy groups -OCH3 is 1. The van der Waals surface area contributed by atoms with Gasteiger partial charge in [0.25, 0.3) is 0 Å². The second-order valence-corrected chi connectivity index (χ2v) is 5.07. The van der Waals surface area contributed by atoms with Gasteiger partial charge in [0.15, 0.2) is 0 Å². The summed E-state index contributed by atoms with van der Waals surface area (Å²) in [5, 5.41) is 4.55. The summed E-state index contributed by atoms with van der Waals surface area (Å²) in [5.74, 6) is 0.250. The summed E-state index contributed by atoms with van der Waals surface area (Å²) in [6.07, 6.45) is 0.888. The topological polar surface area (TPSA) is 55.4 Å². The highest BCUT2D eigenvalue weighted by Crippen LogP contribution is 2.24. The van der Waals surface area contributed by atoms with Gasteiger partial charge in [0.05, 0.1) is 13.0 Å². The van der Waals surface area contributed by atoms with Crippen LogP contribution in [-0.2, 0) is 16.0 Å². The fourth-order valence-electron chi connectivity index (χ4n) is 2.58. The van der Waals surface area contributed by atoms with E-state index >= 15 is 0 Å². The number of hydrogen-bond donors (Lipinski definition) is 1. The first-order chi connectivity index (χ1) is 9.65. The zero-order chi connectivity index (χ0) is 14.1. The lowest BCUT2D eigenvalue weighted by Crippen LogP contribution is -2.22. The lowest BCUT2D eigenvalue weighted by atomic mass is 9.96. The minimum Gasteiger partial charge on any atom is -0.497 e. The summed E-state index contributed by atoms with van der Waals surface area (Å²) in [4.78, 5) is 22.8. The van der Waals surface area contributed by atoms with E-state index in [-0.39, 0.29) is 17.7 Å². The van der Waals surface area contributed by atoms with Crippen molar-refractivity contribution in [2.45, 2.75) is 12.8 Å². The van der Waals surface area contributed by atoms with Crippen LogP contribution in [-0.4, -0.2) is 18.9 Å². The Morgan fingerprint density at radius 1 is 1.15 bits per heavy atom. The van der Waals surface area contributed by atoms with Gasteiger partial charge in [-0.25, -0.2) is 0 Å². The molecule has 1 N–H and O–H groups in total. The van der Waals surface area contributed by atoms with Crippen LogP contribution in [0.2, 0.25) is 0 Å². The molecule has 0 aliphatic carbocycles. The third-order valence-electron chi connectivity index (χ3n) is 3.66. The van der Waals surface area contributed by atoms with Crippen LogP contribution in [0.3, 0.4) is 0 Å². The smallest absolute Gasteiger partial charge is 0.230 e. The van der Waals surface area contributed by atoms with Gasteiger partial charge in [-0.3, -0.25) is 14.9 Å². The number of amides is 2. The minimum atomic E-state index is -0.238. The Labute approximate surface area is 116 Å². The number of imide groups is 1. The van der Waals surface area contributed by atoms with Crippen molar-refractivity contribution < 1.29 is 14.3 Å². The zero-order valence-corrected chi connectivity index (χ0v) is 11.2. The van der Waals surface area contributed by atoms with E-state index in [1.165, 1.54) is 0 Å². The van der Waals surface area contributed by atoms with E-state index in [1.807, 2.05) is 30.3 Å². The number of hydrogen-bond acceptors (Lipinski definition) is 3. The van der Waals surface area contributed by atoms with Gasteiger partial charge < -0.3 is 4.74 Å². The van der Waals surface area contributed by atoms with Crippen molar-refractivity contribution >= 4 is 22.6 Å². The summed E-state index contributed by atoms with van der Waals surface area (Å²) >= 11 is 0. The lowest BCUT2D eigenvalue weighted by Gasteiger charge is -2.08. The fourth-order valence-corrected chi connectivity index (χ4v) is 2.58. The minimum absolute atomic E-state index is 0.162. The van der Waals surface area contributed by atoms with Crippen LogP contribution >= 0.6 is 0 Å². The average molecular weight is 269 g/mol. The Hall–Kier alpha value is -2.36. The van der Waals surface area contributed by atoms with Crippen molar-refractivity contribution in [2.75, 3.05) is 7.11 Å². The Kier molecular flexibility index (Phi) is 3.14. The maximum absolute atomic E-state index is 11.6. The molecule has 2 aromatic carbocycles. The molecule has 1 aliphatic heterocycles. The highest BCUT2D eigenvalue weighted by atomic mass is 16.5. The molecule has 0 saturated carbocycles. The maximum atomic E-state index is 11.6. The molecular formula is C16H15NO3. The molecule has 4 nitrogen and oxygen atoms in total. The van der Waals surface area contributed by atoms with Crippen LogP contribution in [0.5, 0.6) is 5.75 Å². The molecular weight excluding hydrogens is 254 g/mol. The normalized spacial score (nSPS) is 18.4.